The lowest BCUT2D eigenvalue weighted by molar-refractivity contribution is 0.214. The van der Waals surface area contributed by atoms with Crippen LogP contribution in [0.15, 0.2) is 35.5 Å². The van der Waals surface area contributed by atoms with Crippen LogP contribution in [0.1, 0.15) is 17.9 Å². The summed E-state index contributed by atoms with van der Waals surface area (Å²) in [5.74, 6) is 1.25. The molecule has 1 aliphatic rings. The van der Waals surface area contributed by atoms with Gasteiger partial charge in [0, 0.05) is 12.1 Å². The molecule has 0 spiro atoms. The summed E-state index contributed by atoms with van der Waals surface area (Å²) in [7, 11) is 1.58. The number of rotatable bonds is 3. The van der Waals surface area contributed by atoms with Crippen molar-refractivity contribution in [3.8, 4) is 0 Å². The minimum absolute atomic E-state index is 0.586. The first-order valence-electron chi connectivity index (χ1n) is 4.53. The third-order valence-electron chi connectivity index (χ3n) is 2.43. The number of nitrogens with zero attached hydrogens (tertiary/aromatic N) is 1. The SMILES string of the molecule is CO/N=C/C1CC1c1ccccc1. The molecule has 0 amide bonds. The molecule has 0 N–H and O–H groups in total. The topological polar surface area (TPSA) is 21.6 Å². The van der Waals surface area contributed by atoms with Gasteiger partial charge in [-0.2, -0.15) is 0 Å². The molecule has 2 heteroatoms. The number of hydrogen-bond donors (Lipinski definition) is 0. The average Bonchev–Trinajstić information content (AvgIpc) is 2.95. The van der Waals surface area contributed by atoms with Gasteiger partial charge in [0.05, 0.1) is 0 Å². The molecule has 1 aromatic rings. The Labute approximate surface area is 78.2 Å². The highest BCUT2D eigenvalue weighted by atomic mass is 16.6. The number of oxime groups is 1. The van der Waals surface area contributed by atoms with Gasteiger partial charge >= 0.3 is 0 Å². The summed E-state index contributed by atoms with van der Waals surface area (Å²) in [4.78, 5) is 4.65. The highest BCUT2D eigenvalue weighted by molar-refractivity contribution is 5.66. The van der Waals surface area contributed by atoms with Crippen LogP contribution in [0.25, 0.3) is 0 Å². The predicted molar refractivity (Wildman–Crippen MR) is 52.8 cm³/mol. The average molecular weight is 175 g/mol. The van der Waals surface area contributed by atoms with Gasteiger partial charge in [-0.15, -0.1) is 0 Å². The maximum absolute atomic E-state index is 4.65. The Bertz CT molecular complexity index is 294. The molecule has 0 radical (unpaired) electrons. The van der Waals surface area contributed by atoms with Gasteiger partial charge < -0.3 is 4.84 Å². The van der Waals surface area contributed by atoms with E-state index < -0.39 is 0 Å². The molecule has 1 aliphatic carbocycles. The second kappa shape index (κ2) is 3.60. The van der Waals surface area contributed by atoms with E-state index in [9.17, 15) is 0 Å². The Hall–Kier alpha value is -1.31. The third kappa shape index (κ3) is 1.89. The van der Waals surface area contributed by atoms with Crippen LogP contribution in [-0.2, 0) is 4.84 Å². The van der Waals surface area contributed by atoms with Crippen molar-refractivity contribution < 1.29 is 4.84 Å². The van der Waals surface area contributed by atoms with Crippen LogP contribution in [0, 0.1) is 5.92 Å². The molecule has 0 heterocycles. The minimum atomic E-state index is 0.586. The molecule has 68 valence electrons. The van der Waals surface area contributed by atoms with Crippen LogP contribution in [0.2, 0.25) is 0 Å². The molecule has 0 aromatic heterocycles. The largest absolute Gasteiger partial charge is 0.399 e. The van der Waals surface area contributed by atoms with Gasteiger partial charge in [-0.05, 0) is 17.9 Å². The molecule has 2 unspecified atom stereocenters. The molecule has 0 bridgehead atoms. The van der Waals surface area contributed by atoms with E-state index in [0.717, 1.165) is 0 Å². The fraction of sp³-hybridized carbons (Fsp3) is 0.364. The fourth-order valence-corrected chi connectivity index (χ4v) is 1.60. The summed E-state index contributed by atoms with van der Waals surface area (Å²) in [6.45, 7) is 0. The van der Waals surface area contributed by atoms with E-state index >= 15 is 0 Å². The number of benzene rings is 1. The molecule has 1 saturated carbocycles. The molecule has 1 fully saturated rings. The molecule has 2 nitrogen and oxygen atoms in total. The predicted octanol–water partition coefficient (Wildman–Crippen LogP) is 2.42. The van der Waals surface area contributed by atoms with E-state index in [1.165, 1.54) is 12.0 Å². The Morgan fingerprint density at radius 3 is 2.85 bits per heavy atom. The van der Waals surface area contributed by atoms with Crippen LogP contribution in [0.5, 0.6) is 0 Å². The second-order valence-corrected chi connectivity index (χ2v) is 3.35. The maximum atomic E-state index is 4.65. The Kier molecular flexibility index (Phi) is 2.30. The summed E-state index contributed by atoms with van der Waals surface area (Å²) < 4.78 is 0. The first kappa shape index (κ1) is 8.30. The molecule has 2 rings (SSSR count). The molecular formula is C11H13NO. The van der Waals surface area contributed by atoms with Gasteiger partial charge in [0.25, 0.3) is 0 Å². The molecule has 0 saturated heterocycles. The Balaban J connectivity index is 1.97. The van der Waals surface area contributed by atoms with Crippen molar-refractivity contribution in [2.24, 2.45) is 11.1 Å². The molecule has 0 aliphatic heterocycles. The van der Waals surface area contributed by atoms with Gasteiger partial charge in [-0.1, -0.05) is 35.5 Å². The zero-order chi connectivity index (χ0) is 9.10. The first-order chi connectivity index (χ1) is 6.42. The summed E-state index contributed by atoms with van der Waals surface area (Å²) in [5, 5.41) is 3.78. The van der Waals surface area contributed by atoms with Gasteiger partial charge in [0.1, 0.15) is 7.11 Å². The van der Waals surface area contributed by atoms with Crippen LogP contribution in [0.3, 0.4) is 0 Å². The Morgan fingerprint density at radius 2 is 2.15 bits per heavy atom. The zero-order valence-corrected chi connectivity index (χ0v) is 7.68. The Morgan fingerprint density at radius 1 is 1.38 bits per heavy atom. The summed E-state index contributed by atoms with van der Waals surface area (Å²) >= 11 is 0. The molecule has 13 heavy (non-hydrogen) atoms. The van der Waals surface area contributed by atoms with Crippen molar-refractivity contribution in [1.29, 1.82) is 0 Å². The summed E-state index contributed by atoms with van der Waals surface area (Å²) in [6, 6.07) is 10.6. The maximum Gasteiger partial charge on any atom is 0.106 e. The highest BCUT2D eigenvalue weighted by Gasteiger charge is 2.36. The first-order valence-corrected chi connectivity index (χ1v) is 4.53. The van der Waals surface area contributed by atoms with Crippen molar-refractivity contribution in [2.45, 2.75) is 12.3 Å². The van der Waals surface area contributed by atoms with Gasteiger partial charge in [0.2, 0.25) is 0 Å². The van der Waals surface area contributed by atoms with E-state index in [4.69, 9.17) is 0 Å². The second-order valence-electron chi connectivity index (χ2n) is 3.35. The highest BCUT2D eigenvalue weighted by Crippen LogP contribution is 2.45. The van der Waals surface area contributed by atoms with Crippen LogP contribution in [-0.4, -0.2) is 13.3 Å². The van der Waals surface area contributed by atoms with E-state index in [0.29, 0.717) is 11.8 Å². The van der Waals surface area contributed by atoms with Gasteiger partial charge in [0.15, 0.2) is 0 Å². The molecule has 2 atom stereocenters. The van der Waals surface area contributed by atoms with E-state index in [-0.39, 0.29) is 0 Å². The standard InChI is InChI=1S/C11H13NO/c1-13-12-8-10-7-11(10)9-5-3-2-4-6-9/h2-6,8,10-11H,7H2,1H3/b12-8+. The lowest BCUT2D eigenvalue weighted by Gasteiger charge is -1.95. The monoisotopic (exact) mass is 175 g/mol. The van der Waals surface area contributed by atoms with Crippen molar-refractivity contribution >= 4 is 6.21 Å². The minimum Gasteiger partial charge on any atom is -0.399 e. The van der Waals surface area contributed by atoms with Crippen LogP contribution in [0.4, 0.5) is 0 Å². The summed E-state index contributed by atoms with van der Waals surface area (Å²) in [6.07, 6.45) is 3.11. The zero-order valence-electron chi connectivity index (χ0n) is 7.68. The van der Waals surface area contributed by atoms with Crippen molar-refractivity contribution in [3.63, 3.8) is 0 Å². The van der Waals surface area contributed by atoms with Crippen molar-refractivity contribution in [1.82, 2.24) is 0 Å². The van der Waals surface area contributed by atoms with Crippen molar-refractivity contribution in [2.75, 3.05) is 7.11 Å². The lowest BCUT2D eigenvalue weighted by atomic mass is 10.1. The normalized spacial score (nSPS) is 26.2. The van der Waals surface area contributed by atoms with E-state index in [1.54, 1.807) is 7.11 Å². The molecular weight excluding hydrogens is 162 g/mol. The van der Waals surface area contributed by atoms with Gasteiger partial charge in [-0.25, -0.2) is 0 Å². The van der Waals surface area contributed by atoms with Crippen LogP contribution >= 0.6 is 0 Å². The number of hydrogen-bond acceptors (Lipinski definition) is 2. The van der Waals surface area contributed by atoms with E-state index in [1.807, 2.05) is 12.3 Å². The smallest absolute Gasteiger partial charge is 0.106 e. The third-order valence-corrected chi connectivity index (χ3v) is 2.43. The van der Waals surface area contributed by atoms with E-state index in [2.05, 4.69) is 34.3 Å². The lowest BCUT2D eigenvalue weighted by Crippen LogP contribution is -1.84. The fourth-order valence-electron chi connectivity index (χ4n) is 1.60. The summed E-state index contributed by atoms with van der Waals surface area (Å²) in [5.41, 5.74) is 1.41. The van der Waals surface area contributed by atoms with Crippen molar-refractivity contribution in [3.05, 3.63) is 35.9 Å². The molecule has 1 aromatic carbocycles. The van der Waals surface area contributed by atoms with Gasteiger partial charge in [-0.3, -0.25) is 0 Å². The quantitative estimate of drug-likeness (QED) is 0.510. The van der Waals surface area contributed by atoms with Crippen LogP contribution < -0.4 is 0 Å².